The lowest BCUT2D eigenvalue weighted by Crippen LogP contribution is -2.60. The summed E-state index contributed by atoms with van der Waals surface area (Å²) >= 11 is 0. The highest BCUT2D eigenvalue weighted by molar-refractivity contribution is 7.80. The third-order valence-electron chi connectivity index (χ3n) is 6.20. The first-order chi connectivity index (χ1) is 21.1. The number of carbonyl (C=O) groups is 1. The van der Waals surface area contributed by atoms with Gasteiger partial charge in [-0.05, 0) is 51.4 Å². The fourth-order valence-electron chi connectivity index (χ4n) is 4.05. The average Bonchev–Trinajstić information content (AvgIpc) is 2.97. The van der Waals surface area contributed by atoms with Crippen LogP contribution in [0.1, 0.15) is 65.2 Å². The van der Waals surface area contributed by atoms with Gasteiger partial charge in [-0.25, -0.2) is 4.18 Å². The molecule has 1 aliphatic heterocycles. The van der Waals surface area contributed by atoms with Crippen molar-refractivity contribution in [1.82, 2.24) is 0 Å². The van der Waals surface area contributed by atoms with Gasteiger partial charge in [-0.1, -0.05) is 67.7 Å². The van der Waals surface area contributed by atoms with Gasteiger partial charge in [0.15, 0.2) is 6.29 Å². The van der Waals surface area contributed by atoms with Crippen LogP contribution in [-0.2, 0) is 38.3 Å². The van der Waals surface area contributed by atoms with Crippen LogP contribution in [0.2, 0.25) is 0 Å². The summed E-state index contributed by atoms with van der Waals surface area (Å²) in [4.78, 5) is 11.5. The zero-order valence-electron chi connectivity index (χ0n) is 25.7. The summed E-state index contributed by atoms with van der Waals surface area (Å²) in [6, 6.07) is 0. The normalized spacial score (nSPS) is 24.0. The fraction of sp³-hybridized carbons (Fsp3) is 0.645. The molecule has 12 nitrogen and oxygen atoms in total. The van der Waals surface area contributed by atoms with Crippen LogP contribution in [-0.4, -0.2) is 97.5 Å². The van der Waals surface area contributed by atoms with E-state index in [1.54, 1.807) is 0 Å². The summed E-state index contributed by atoms with van der Waals surface area (Å²) in [5, 5.41) is 29.9. The molecular weight excluding hydrogens is 596 g/mol. The number of ether oxygens (including phenoxy) is 4. The number of aliphatic hydroxyl groups is 3. The van der Waals surface area contributed by atoms with Crippen LogP contribution in [0, 0.1) is 0 Å². The molecule has 0 aromatic rings. The zero-order chi connectivity index (χ0) is 32.6. The van der Waals surface area contributed by atoms with Crippen molar-refractivity contribution in [1.29, 1.82) is 0 Å². The van der Waals surface area contributed by atoms with Gasteiger partial charge >= 0.3 is 16.4 Å². The van der Waals surface area contributed by atoms with E-state index >= 15 is 0 Å². The van der Waals surface area contributed by atoms with E-state index < -0.39 is 59.8 Å². The molecule has 1 heterocycles. The van der Waals surface area contributed by atoms with E-state index in [0.717, 1.165) is 51.4 Å². The van der Waals surface area contributed by atoms with E-state index in [4.69, 9.17) is 23.5 Å². The first-order valence-corrected chi connectivity index (χ1v) is 16.3. The summed E-state index contributed by atoms with van der Waals surface area (Å²) in [5.74, 6) is -0.595. The summed E-state index contributed by atoms with van der Waals surface area (Å²) in [6.07, 6.45) is 19.6. The highest BCUT2D eigenvalue weighted by atomic mass is 32.3. The molecule has 0 spiro atoms. The third kappa shape index (κ3) is 19.2. The average molecular weight is 647 g/mol. The number of unbranched alkanes of at least 4 members (excludes halogenated alkanes) is 2. The van der Waals surface area contributed by atoms with Crippen molar-refractivity contribution < 1.29 is 56.2 Å². The first-order valence-electron chi connectivity index (χ1n) is 15.0. The maximum atomic E-state index is 11.5. The second-order valence-corrected chi connectivity index (χ2v) is 11.1. The molecule has 6 atom stereocenters. The van der Waals surface area contributed by atoms with E-state index in [-0.39, 0.29) is 13.2 Å². The van der Waals surface area contributed by atoms with Crippen LogP contribution in [0.15, 0.2) is 60.8 Å². The van der Waals surface area contributed by atoms with Crippen molar-refractivity contribution in [3.8, 4) is 0 Å². The van der Waals surface area contributed by atoms with E-state index in [9.17, 15) is 28.5 Å². The maximum Gasteiger partial charge on any atom is 0.397 e. The van der Waals surface area contributed by atoms with Gasteiger partial charge in [-0.2, -0.15) is 8.42 Å². The van der Waals surface area contributed by atoms with Crippen molar-refractivity contribution >= 4 is 16.4 Å². The number of esters is 1. The van der Waals surface area contributed by atoms with Crippen LogP contribution in [0.5, 0.6) is 0 Å². The highest BCUT2D eigenvalue weighted by Crippen LogP contribution is 2.25. The topological polar surface area (TPSA) is 178 Å². The molecule has 1 fully saturated rings. The lowest BCUT2D eigenvalue weighted by molar-refractivity contribution is -0.301. The number of rotatable bonds is 23. The number of carbonyl (C=O) groups excluding carboxylic acids is 1. The number of allylic oxidation sites excluding steroid dienone is 10. The van der Waals surface area contributed by atoms with Gasteiger partial charge in [0.05, 0.1) is 19.8 Å². The van der Waals surface area contributed by atoms with Crippen molar-refractivity contribution in [3.63, 3.8) is 0 Å². The smallest absolute Gasteiger partial charge is 0.397 e. The highest BCUT2D eigenvalue weighted by Gasteiger charge is 2.47. The molecule has 1 aliphatic rings. The lowest BCUT2D eigenvalue weighted by Gasteiger charge is -2.41. The van der Waals surface area contributed by atoms with Gasteiger partial charge in [0.2, 0.25) is 0 Å². The molecule has 0 bridgehead atoms. The van der Waals surface area contributed by atoms with Crippen molar-refractivity contribution in [2.75, 3.05) is 26.4 Å². The number of hydrogen-bond donors (Lipinski definition) is 4. The third-order valence-corrected chi connectivity index (χ3v) is 6.67. The predicted molar refractivity (Wildman–Crippen MR) is 165 cm³/mol. The molecule has 4 N–H and O–H groups in total. The standard InChI is InChI=1S/C31H50O12S/c1-3-4-5-6-7-8-9-10-11-12-13-14-15-16-17-18-19-20-21-39-23-26(41-25(2)33)24-40-31-29(35)30(43-44(36,37)38)28(34)27(22-32)42-31/h4-5,7-8,10-11,13-14,16-17,26-32,34-35H,3,6,9,12,15,18-24H2,1-2H3,(H,36,37,38)/b5-4-,8-7-,11-10-,14-13-,17-16-. The Bertz CT molecular complexity index is 1020. The summed E-state index contributed by atoms with van der Waals surface area (Å²) in [6.45, 7) is 2.67. The minimum atomic E-state index is -5.04. The minimum Gasteiger partial charge on any atom is -0.458 e. The lowest BCUT2D eigenvalue weighted by atomic mass is 9.99. The molecule has 1 rings (SSSR count). The summed E-state index contributed by atoms with van der Waals surface area (Å²) in [5.41, 5.74) is 0. The first kappa shape index (κ1) is 39.8. The van der Waals surface area contributed by atoms with Crippen molar-refractivity contribution in [2.45, 2.75) is 102 Å². The molecule has 6 unspecified atom stereocenters. The molecule has 0 aromatic carbocycles. The second-order valence-electron chi connectivity index (χ2n) is 10.0. The summed E-state index contributed by atoms with van der Waals surface area (Å²) < 4.78 is 57.0. The number of hydrogen-bond acceptors (Lipinski definition) is 11. The Hall–Kier alpha value is -2.20. The predicted octanol–water partition coefficient (Wildman–Crippen LogP) is 3.50. The molecule has 44 heavy (non-hydrogen) atoms. The Kier molecular flexibility index (Phi) is 21.8. The Morgan fingerprint density at radius 3 is 1.95 bits per heavy atom. The molecule has 252 valence electrons. The van der Waals surface area contributed by atoms with Gasteiger partial charge in [0.25, 0.3) is 0 Å². The van der Waals surface area contributed by atoms with Crippen LogP contribution in [0.25, 0.3) is 0 Å². The van der Waals surface area contributed by atoms with Crippen molar-refractivity contribution in [2.24, 2.45) is 0 Å². The van der Waals surface area contributed by atoms with Gasteiger partial charge in [0, 0.05) is 13.5 Å². The number of aliphatic hydroxyl groups excluding tert-OH is 3. The van der Waals surface area contributed by atoms with Crippen LogP contribution in [0.4, 0.5) is 0 Å². The van der Waals surface area contributed by atoms with Crippen LogP contribution in [0.3, 0.4) is 0 Å². The zero-order valence-corrected chi connectivity index (χ0v) is 26.5. The fourth-order valence-corrected chi connectivity index (χ4v) is 4.56. The van der Waals surface area contributed by atoms with Gasteiger partial charge < -0.3 is 34.3 Å². The molecule has 0 saturated carbocycles. The van der Waals surface area contributed by atoms with Gasteiger partial charge in [-0.3, -0.25) is 9.35 Å². The van der Waals surface area contributed by atoms with Gasteiger partial charge in [-0.15, -0.1) is 0 Å². The minimum absolute atomic E-state index is 0.0128. The Balaban J connectivity index is 2.29. The SMILES string of the molecule is CC/C=C\C/C=C\C/C=C\C/C=C\C/C=C\CCCCOCC(COC1OC(CO)C(O)C(OS(=O)(=O)O)C1O)OC(C)=O. The Labute approximate surface area is 261 Å². The molecule has 1 saturated heterocycles. The van der Waals surface area contributed by atoms with E-state index in [1.807, 2.05) is 0 Å². The van der Waals surface area contributed by atoms with E-state index in [1.165, 1.54) is 6.92 Å². The largest absolute Gasteiger partial charge is 0.458 e. The monoisotopic (exact) mass is 646 g/mol. The Morgan fingerprint density at radius 1 is 0.864 bits per heavy atom. The summed E-state index contributed by atoms with van der Waals surface area (Å²) in [7, 11) is -5.04. The van der Waals surface area contributed by atoms with E-state index in [0.29, 0.717) is 6.61 Å². The molecule has 0 aromatic heterocycles. The molecule has 13 heteroatoms. The molecular formula is C31H50O12S. The molecule has 0 amide bonds. The second kappa shape index (κ2) is 24.1. The van der Waals surface area contributed by atoms with E-state index in [2.05, 4.69) is 71.9 Å². The quantitative estimate of drug-likeness (QED) is 0.0551. The van der Waals surface area contributed by atoms with Crippen LogP contribution < -0.4 is 0 Å². The molecule has 0 radical (unpaired) electrons. The van der Waals surface area contributed by atoms with Crippen molar-refractivity contribution in [3.05, 3.63) is 60.8 Å². The Morgan fingerprint density at radius 2 is 1.43 bits per heavy atom. The maximum absolute atomic E-state index is 11.5. The van der Waals surface area contributed by atoms with Crippen LogP contribution >= 0.6 is 0 Å². The van der Waals surface area contributed by atoms with Gasteiger partial charge in [0.1, 0.15) is 30.5 Å². The molecule has 0 aliphatic carbocycles.